The number of fused-ring (bicyclic) bond motifs is 1. The molecule has 1 atom stereocenters. The van der Waals surface area contributed by atoms with Crippen LogP contribution in [0.3, 0.4) is 0 Å². The second kappa shape index (κ2) is 9.43. The van der Waals surface area contributed by atoms with Crippen LogP contribution in [0.1, 0.15) is 34.6 Å². The van der Waals surface area contributed by atoms with Crippen LogP contribution < -0.4 is 5.32 Å². The number of nitrogens with zero attached hydrogens (tertiary/aromatic N) is 4. The van der Waals surface area contributed by atoms with E-state index in [4.69, 9.17) is 11.6 Å². The summed E-state index contributed by atoms with van der Waals surface area (Å²) < 4.78 is 65.0. The molecule has 0 saturated heterocycles. The number of carbonyl (C=O) groups excluding carboxylic acids is 1. The van der Waals surface area contributed by atoms with Crippen LogP contribution in [0.4, 0.5) is 13.2 Å². The Hall–Kier alpha value is -3.64. The number of pyridine rings is 2. The molecule has 0 aliphatic carbocycles. The van der Waals surface area contributed by atoms with Gasteiger partial charge in [0, 0.05) is 23.6 Å². The topological polar surface area (TPSA) is 115 Å². The van der Waals surface area contributed by atoms with Crippen LogP contribution in [0.2, 0.25) is 0 Å². The first kappa shape index (κ1) is 25.5. The maximum atomic E-state index is 13.8. The fraction of sp³-hybridized carbons (Fsp3) is 0.174. The lowest BCUT2D eigenvalue weighted by Crippen LogP contribution is -2.28. The van der Waals surface area contributed by atoms with Gasteiger partial charge in [0.25, 0.3) is 5.91 Å². The van der Waals surface area contributed by atoms with Gasteiger partial charge in [-0.3, -0.25) is 14.8 Å². The van der Waals surface area contributed by atoms with Crippen LogP contribution in [-0.2, 0) is 15.2 Å². The van der Waals surface area contributed by atoms with Crippen molar-refractivity contribution in [2.75, 3.05) is 6.26 Å². The summed E-state index contributed by atoms with van der Waals surface area (Å²) in [6.07, 6.45) is 4.81. The van der Waals surface area contributed by atoms with Crippen molar-refractivity contribution in [2.45, 2.75) is 23.2 Å². The van der Waals surface area contributed by atoms with Gasteiger partial charge < -0.3 is 5.32 Å². The van der Waals surface area contributed by atoms with E-state index in [0.717, 1.165) is 24.6 Å². The second-order valence-electron chi connectivity index (χ2n) is 7.89. The Morgan fingerprint density at radius 2 is 1.83 bits per heavy atom. The molecule has 0 aliphatic rings. The predicted octanol–water partition coefficient (Wildman–Crippen LogP) is 4.41. The Morgan fingerprint density at radius 1 is 1.08 bits per heavy atom. The third-order valence-electron chi connectivity index (χ3n) is 5.15. The van der Waals surface area contributed by atoms with Crippen LogP contribution in [0.15, 0.2) is 59.9 Å². The third kappa shape index (κ3) is 5.44. The van der Waals surface area contributed by atoms with Crippen molar-refractivity contribution in [1.29, 1.82) is 0 Å². The van der Waals surface area contributed by atoms with Gasteiger partial charge in [0.15, 0.2) is 9.84 Å². The summed E-state index contributed by atoms with van der Waals surface area (Å²) in [5.41, 5.74) is 0.447. The monoisotopic (exact) mass is 535 g/mol. The Kier molecular flexibility index (Phi) is 6.67. The number of alkyl halides is 3. The molecule has 13 heteroatoms. The van der Waals surface area contributed by atoms with Gasteiger partial charge in [0.2, 0.25) is 0 Å². The molecule has 186 valence electrons. The van der Waals surface area contributed by atoms with Crippen LogP contribution in [0.25, 0.3) is 22.4 Å². The maximum absolute atomic E-state index is 13.8. The van der Waals surface area contributed by atoms with E-state index in [1.54, 1.807) is 13.0 Å². The normalized spacial score (nSPS) is 12.9. The molecule has 1 amide bonds. The van der Waals surface area contributed by atoms with Gasteiger partial charge in [0.1, 0.15) is 17.0 Å². The highest BCUT2D eigenvalue weighted by atomic mass is 35.5. The molecule has 3 heterocycles. The van der Waals surface area contributed by atoms with Gasteiger partial charge in [0.05, 0.1) is 40.2 Å². The van der Waals surface area contributed by atoms with E-state index >= 15 is 0 Å². The lowest BCUT2D eigenvalue weighted by Gasteiger charge is -2.18. The second-order valence-corrected chi connectivity index (χ2v) is 10.4. The van der Waals surface area contributed by atoms with Gasteiger partial charge in [-0.2, -0.15) is 8.78 Å². The van der Waals surface area contributed by atoms with Crippen molar-refractivity contribution < 1.29 is 26.4 Å². The Balaban J connectivity index is 1.76. The number of hydrogen-bond donors (Lipinski definition) is 1. The fourth-order valence-corrected chi connectivity index (χ4v) is 4.17. The molecule has 36 heavy (non-hydrogen) atoms. The molecule has 0 bridgehead atoms. The molecule has 0 spiro atoms. The van der Waals surface area contributed by atoms with Gasteiger partial charge in [-0.1, -0.05) is 0 Å². The summed E-state index contributed by atoms with van der Waals surface area (Å²) >= 11 is 5.10. The summed E-state index contributed by atoms with van der Waals surface area (Å²) in [4.78, 5) is 29.6. The number of aromatic nitrogens is 4. The highest BCUT2D eigenvalue weighted by Gasteiger charge is 2.31. The van der Waals surface area contributed by atoms with E-state index in [9.17, 15) is 26.4 Å². The third-order valence-corrected chi connectivity index (χ3v) is 6.46. The minimum absolute atomic E-state index is 0.237. The molecule has 1 unspecified atom stereocenters. The number of halogens is 4. The van der Waals surface area contributed by atoms with Crippen molar-refractivity contribution in [3.05, 3.63) is 77.6 Å². The molecule has 1 N–H and O–H groups in total. The van der Waals surface area contributed by atoms with E-state index in [1.165, 1.54) is 24.5 Å². The van der Waals surface area contributed by atoms with Crippen LogP contribution in [0, 0.1) is 5.82 Å². The van der Waals surface area contributed by atoms with Gasteiger partial charge in [-0.15, -0.1) is 0 Å². The van der Waals surface area contributed by atoms with E-state index in [2.05, 4.69) is 25.3 Å². The molecule has 1 aromatic carbocycles. The first-order chi connectivity index (χ1) is 16.8. The number of hydrogen-bond acceptors (Lipinski definition) is 7. The van der Waals surface area contributed by atoms with E-state index in [-0.39, 0.29) is 22.6 Å². The quantitative estimate of drug-likeness (QED) is 0.364. The van der Waals surface area contributed by atoms with Crippen LogP contribution in [0.5, 0.6) is 0 Å². The summed E-state index contributed by atoms with van der Waals surface area (Å²) in [6, 6.07) is 5.83. The number of sulfone groups is 1. The summed E-state index contributed by atoms with van der Waals surface area (Å²) in [7, 11) is -3.93. The maximum Gasteiger partial charge on any atom is 0.348 e. The Morgan fingerprint density at radius 3 is 2.47 bits per heavy atom. The smallest absolute Gasteiger partial charge is 0.344 e. The number of benzene rings is 1. The van der Waals surface area contributed by atoms with Gasteiger partial charge >= 0.3 is 5.38 Å². The molecular formula is C23H17ClF3N5O3S. The molecule has 4 rings (SSSR count). The molecule has 3 aromatic heterocycles. The molecule has 4 aromatic rings. The average molecular weight is 536 g/mol. The number of carbonyl (C=O) groups is 1. The van der Waals surface area contributed by atoms with Crippen molar-refractivity contribution in [2.24, 2.45) is 0 Å². The van der Waals surface area contributed by atoms with Gasteiger partial charge in [-0.05, 0) is 54.9 Å². The predicted molar refractivity (Wildman–Crippen MR) is 126 cm³/mol. The summed E-state index contributed by atoms with van der Waals surface area (Å²) in [5.74, 6) is -1.42. The van der Waals surface area contributed by atoms with E-state index < -0.39 is 43.4 Å². The van der Waals surface area contributed by atoms with Gasteiger partial charge in [-0.25, -0.2) is 22.8 Å². The first-order valence-electron chi connectivity index (χ1n) is 10.3. The lowest BCUT2D eigenvalue weighted by molar-refractivity contribution is 0.0925. The molecule has 8 nitrogen and oxygen atoms in total. The zero-order chi connectivity index (χ0) is 26.3. The van der Waals surface area contributed by atoms with Crippen molar-refractivity contribution in [3.8, 4) is 11.4 Å². The molecule has 0 radical (unpaired) electrons. The van der Waals surface area contributed by atoms with E-state index in [0.29, 0.717) is 17.1 Å². The zero-order valence-corrected chi connectivity index (χ0v) is 20.3. The first-order valence-corrected chi connectivity index (χ1v) is 12.6. The summed E-state index contributed by atoms with van der Waals surface area (Å²) in [5, 5.41) is -1.29. The van der Waals surface area contributed by atoms with Crippen molar-refractivity contribution in [1.82, 2.24) is 25.3 Å². The van der Waals surface area contributed by atoms with Crippen molar-refractivity contribution in [3.63, 3.8) is 0 Å². The standard InChI is InChI=1S/C23H17ClF3N5O3S/c1-12(30-22(33)13-7-14(23(24,26)27)9-16(8-13)36(2,34)35)20-21(18-4-3-15(25)10-29-18)32-19-11-28-6-5-17(19)31-20/h3-12H,1-2H3,(H,30,33). The zero-order valence-electron chi connectivity index (χ0n) is 18.7. The average Bonchev–Trinajstić information content (AvgIpc) is 2.82. The number of amides is 1. The highest BCUT2D eigenvalue weighted by Crippen LogP contribution is 2.34. The summed E-state index contributed by atoms with van der Waals surface area (Å²) in [6.45, 7) is 1.57. The lowest BCUT2D eigenvalue weighted by atomic mass is 10.1. The van der Waals surface area contributed by atoms with E-state index in [1.807, 2.05) is 0 Å². The molecule has 0 fully saturated rings. The van der Waals surface area contributed by atoms with Crippen LogP contribution >= 0.6 is 11.6 Å². The highest BCUT2D eigenvalue weighted by molar-refractivity contribution is 7.90. The largest absolute Gasteiger partial charge is 0.348 e. The minimum atomic E-state index is -3.93. The number of nitrogens with one attached hydrogen (secondary N) is 1. The molecular weight excluding hydrogens is 519 g/mol. The fourth-order valence-electron chi connectivity index (χ4n) is 3.38. The van der Waals surface area contributed by atoms with Crippen LogP contribution in [-0.4, -0.2) is 40.5 Å². The number of rotatable bonds is 6. The Bertz CT molecular complexity index is 1580. The molecule has 0 aliphatic heterocycles. The molecule has 0 saturated carbocycles. The Labute approximate surface area is 208 Å². The van der Waals surface area contributed by atoms with Crippen molar-refractivity contribution >= 4 is 38.4 Å². The SMILES string of the molecule is CC(NC(=O)c1cc(C(F)(F)Cl)cc(S(C)(=O)=O)c1)c1nc2ccncc2nc1-c1ccc(F)cn1. The minimum Gasteiger partial charge on any atom is -0.344 e.